The van der Waals surface area contributed by atoms with Crippen LogP contribution in [0, 0.1) is 0 Å². The summed E-state index contributed by atoms with van der Waals surface area (Å²) in [6.45, 7) is 1.73. The van der Waals surface area contributed by atoms with Crippen molar-refractivity contribution in [1.82, 2.24) is 9.97 Å². The van der Waals surface area contributed by atoms with E-state index in [1.807, 2.05) is 0 Å². The zero-order valence-corrected chi connectivity index (χ0v) is 13.3. The molecule has 2 heterocycles. The van der Waals surface area contributed by atoms with Crippen LogP contribution in [0.15, 0.2) is 30.3 Å². The van der Waals surface area contributed by atoms with Gasteiger partial charge in [0.1, 0.15) is 5.82 Å². The summed E-state index contributed by atoms with van der Waals surface area (Å²) in [7, 11) is 0. The minimum atomic E-state index is 0.254. The van der Waals surface area contributed by atoms with E-state index in [1.54, 1.807) is 0 Å². The topological polar surface area (TPSA) is 81.1 Å². The lowest BCUT2D eigenvalue weighted by Gasteiger charge is -2.39. The monoisotopic (exact) mass is 309 g/mol. The normalized spacial score (nSPS) is 21.4. The molecule has 1 saturated heterocycles. The number of fused-ring (bicyclic) bond motifs is 1. The number of hydrogen-bond donors (Lipinski definition) is 2. The lowest BCUT2D eigenvalue weighted by Crippen LogP contribution is -2.56. The van der Waals surface area contributed by atoms with Crippen LogP contribution in [-0.4, -0.2) is 29.1 Å². The molecule has 2 aliphatic rings. The summed E-state index contributed by atoms with van der Waals surface area (Å²) < 4.78 is 0. The van der Waals surface area contributed by atoms with E-state index in [9.17, 15) is 0 Å². The molecule has 5 heteroatoms. The number of nitrogens with two attached hydrogens (primary N) is 2. The number of anilines is 2. The highest BCUT2D eigenvalue weighted by atomic mass is 15.3. The largest absolute Gasteiger partial charge is 0.368 e. The molecule has 23 heavy (non-hydrogen) atoms. The van der Waals surface area contributed by atoms with Gasteiger partial charge in [0.15, 0.2) is 0 Å². The Kier molecular flexibility index (Phi) is 3.65. The van der Waals surface area contributed by atoms with Crippen LogP contribution >= 0.6 is 0 Å². The number of benzene rings is 1. The number of rotatable bonds is 2. The zero-order chi connectivity index (χ0) is 15.8. The smallest absolute Gasteiger partial charge is 0.222 e. The van der Waals surface area contributed by atoms with Gasteiger partial charge in [-0.05, 0) is 37.2 Å². The molecule has 1 aliphatic carbocycles. The molecule has 5 nitrogen and oxygen atoms in total. The minimum absolute atomic E-state index is 0.254. The highest BCUT2D eigenvalue weighted by Gasteiger charge is 2.30. The van der Waals surface area contributed by atoms with Gasteiger partial charge in [0, 0.05) is 24.7 Å². The Morgan fingerprint density at radius 1 is 1.09 bits per heavy atom. The molecule has 0 spiro atoms. The van der Waals surface area contributed by atoms with Gasteiger partial charge >= 0.3 is 0 Å². The fourth-order valence-electron chi connectivity index (χ4n) is 3.78. The summed E-state index contributed by atoms with van der Waals surface area (Å²) in [4.78, 5) is 11.3. The Hall–Kier alpha value is -2.14. The van der Waals surface area contributed by atoms with Gasteiger partial charge in [-0.15, -0.1) is 0 Å². The van der Waals surface area contributed by atoms with Crippen molar-refractivity contribution in [3.8, 4) is 0 Å². The summed E-state index contributed by atoms with van der Waals surface area (Å²) in [5, 5.41) is 0. The van der Waals surface area contributed by atoms with E-state index < -0.39 is 0 Å². The Morgan fingerprint density at radius 3 is 2.61 bits per heavy atom. The second-order valence-corrected chi connectivity index (χ2v) is 6.70. The van der Waals surface area contributed by atoms with Crippen molar-refractivity contribution >= 4 is 11.8 Å². The van der Waals surface area contributed by atoms with Crippen LogP contribution in [0.2, 0.25) is 0 Å². The van der Waals surface area contributed by atoms with Gasteiger partial charge in [0.2, 0.25) is 5.95 Å². The minimum Gasteiger partial charge on any atom is -0.368 e. The standard InChI is InChI=1S/C18H23N5/c19-14-10-23(11-14)17-15-8-4-7-13(12-5-2-1-3-6-12)9-16(15)21-18(20)22-17/h1-3,5-6,13-14H,4,7-11,19H2,(H2,20,21,22). The summed E-state index contributed by atoms with van der Waals surface area (Å²) in [6.07, 6.45) is 4.31. The fourth-order valence-corrected chi connectivity index (χ4v) is 3.78. The highest BCUT2D eigenvalue weighted by molar-refractivity contribution is 5.55. The summed E-state index contributed by atoms with van der Waals surface area (Å²) in [5.41, 5.74) is 15.7. The van der Waals surface area contributed by atoms with E-state index in [0.717, 1.165) is 43.9 Å². The van der Waals surface area contributed by atoms with Gasteiger partial charge in [-0.3, -0.25) is 0 Å². The Balaban J connectivity index is 1.68. The van der Waals surface area contributed by atoms with E-state index in [1.165, 1.54) is 17.5 Å². The van der Waals surface area contributed by atoms with Crippen LogP contribution in [0.5, 0.6) is 0 Å². The molecule has 1 aliphatic heterocycles. The SMILES string of the molecule is Nc1nc2c(c(N3CC(N)C3)n1)CCCC(c1ccccc1)C2. The molecule has 1 fully saturated rings. The second kappa shape index (κ2) is 5.81. The van der Waals surface area contributed by atoms with Crippen molar-refractivity contribution in [2.45, 2.75) is 37.6 Å². The number of aromatic nitrogens is 2. The van der Waals surface area contributed by atoms with Gasteiger partial charge in [0.25, 0.3) is 0 Å². The average Bonchev–Trinajstić information content (AvgIpc) is 2.74. The van der Waals surface area contributed by atoms with Crippen molar-refractivity contribution in [3.05, 3.63) is 47.2 Å². The van der Waals surface area contributed by atoms with Crippen molar-refractivity contribution < 1.29 is 0 Å². The first kappa shape index (κ1) is 14.5. The number of hydrogen-bond acceptors (Lipinski definition) is 5. The van der Waals surface area contributed by atoms with Crippen LogP contribution in [0.25, 0.3) is 0 Å². The molecule has 0 saturated carbocycles. The lowest BCUT2D eigenvalue weighted by atomic mass is 9.91. The molecule has 1 aromatic carbocycles. The van der Waals surface area contributed by atoms with Crippen LogP contribution in [0.4, 0.5) is 11.8 Å². The first-order valence-electron chi connectivity index (χ1n) is 8.41. The fraction of sp³-hybridized carbons (Fsp3) is 0.444. The molecular weight excluding hydrogens is 286 g/mol. The molecule has 120 valence electrons. The predicted molar refractivity (Wildman–Crippen MR) is 92.5 cm³/mol. The van der Waals surface area contributed by atoms with Crippen molar-refractivity contribution in [3.63, 3.8) is 0 Å². The molecule has 4 N–H and O–H groups in total. The molecule has 1 atom stereocenters. The quantitative estimate of drug-likeness (QED) is 0.828. The molecular formula is C18H23N5. The number of nitrogens with zero attached hydrogens (tertiary/aromatic N) is 3. The highest BCUT2D eigenvalue weighted by Crippen LogP contribution is 2.35. The zero-order valence-electron chi connectivity index (χ0n) is 13.3. The van der Waals surface area contributed by atoms with Gasteiger partial charge in [0.05, 0.1) is 5.69 Å². The second-order valence-electron chi connectivity index (χ2n) is 6.70. The van der Waals surface area contributed by atoms with Crippen LogP contribution in [0.3, 0.4) is 0 Å². The van der Waals surface area contributed by atoms with E-state index in [4.69, 9.17) is 11.5 Å². The van der Waals surface area contributed by atoms with Gasteiger partial charge in [-0.2, -0.15) is 4.98 Å². The maximum atomic E-state index is 5.99. The molecule has 0 bridgehead atoms. The molecule has 2 aromatic rings. The van der Waals surface area contributed by atoms with Crippen molar-refractivity contribution in [2.75, 3.05) is 23.7 Å². The maximum absolute atomic E-state index is 5.99. The Bertz CT molecular complexity index is 694. The molecule has 0 radical (unpaired) electrons. The third kappa shape index (κ3) is 2.77. The van der Waals surface area contributed by atoms with Crippen molar-refractivity contribution in [2.24, 2.45) is 5.73 Å². The average molecular weight is 309 g/mol. The molecule has 1 aromatic heterocycles. The predicted octanol–water partition coefficient (Wildman–Crippen LogP) is 1.87. The lowest BCUT2D eigenvalue weighted by molar-refractivity contribution is 0.512. The van der Waals surface area contributed by atoms with E-state index in [0.29, 0.717) is 11.9 Å². The summed E-state index contributed by atoms with van der Waals surface area (Å²) in [6, 6.07) is 11.0. The van der Waals surface area contributed by atoms with Gasteiger partial charge < -0.3 is 16.4 Å². The van der Waals surface area contributed by atoms with Crippen LogP contribution < -0.4 is 16.4 Å². The maximum Gasteiger partial charge on any atom is 0.222 e. The van der Waals surface area contributed by atoms with Gasteiger partial charge in [-0.25, -0.2) is 4.98 Å². The van der Waals surface area contributed by atoms with E-state index >= 15 is 0 Å². The van der Waals surface area contributed by atoms with Crippen LogP contribution in [-0.2, 0) is 12.8 Å². The first-order chi connectivity index (χ1) is 11.2. The third-order valence-corrected chi connectivity index (χ3v) is 4.99. The molecule has 4 rings (SSSR count). The third-order valence-electron chi connectivity index (χ3n) is 4.99. The Labute approximate surface area is 136 Å². The molecule has 1 unspecified atom stereocenters. The van der Waals surface area contributed by atoms with Crippen molar-refractivity contribution in [1.29, 1.82) is 0 Å². The summed E-state index contributed by atoms with van der Waals surface area (Å²) in [5.74, 6) is 1.91. The van der Waals surface area contributed by atoms with Gasteiger partial charge in [-0.1, -0.05) is 30.3 Å². The van der Waals surface area contributed by atoms with Crippen LogP contribution in [0.1, 0.15) is 35.6 Å². The van der Waals surface area contributed by atoms with E-state index in [2.05, 4.69) is 45.2 Å². The summed E-state index contributed by atoms with van der Waals surface area (Å²) >= 11 is 0. The Morgan fingerprint density at radius 2 is 1.87 bits per heavy atom. The first-order valence-corrected chi connectivity index (χ1v) is 8.41. The molecule has 0 amide bonds. The number of nitrogen functional groups attached to an aromatic ring is 1. The van der Waals surface area contributed by atoms with E-state index in [-0.39, 0.29) is 6.04 Å².